The van der Waals surface area contributed by atoms with Crippen molar-refractivity contribution < 1.29 is 9.18 Å². The Morgan fingerprint density at radius 3 is 2.20 bits per heavy atom. The Kier molecular flexibility index (Phi) is 5.36. The van der Waals surface area contributed by atoms with Crippen molar-refractivity contribution >= 4 is 12.0 Å². The molecule has 0 saturated heterocycles. The number of imidazole rings is 2. The molecule has 1 aromatic carbocycles. The maximum absolute atomic E-state index is 12.9. The Hall–Kier alpha value is -3.22. The smallest absolute Gasteiger partial charge is 0.244 e. The lowest BCUT2D eigenvalue weighted by molar-refractivity contribution is -0.117. The summed E-state index contributed by atoms with van der Waals surface area (Å²) in [6, 6.07) is 5.83. The second kappa shape index (κ2) is 8.05. The Morgan fingerprint density at radius 1 is 1.08 bits per heavy atom. The molecule has 1 amide bonds. The summed E-state index contributed by atoms with van der Waals surface area (Å²) in [6.45, 7) is 1.18. The Balaban J connectivity index is 1.63. The molecule has 0 saturated carbocycles. The van der Waals surface area contributed by atoms with Crippen LogP contribution < -0.4 is 5.32 Å². The largest absolute Gasteiger partial charge is 0.346 e. The van der Waals surface area contributed by atoms with Gasteiger partial charge in [-0.15, -0.1) is 0 Å². The van der Waals surface area contributed by atoms with Crippen molar-refractivity contribution in [2.24, 2.45) is 0 Å². The van der Waals surface area contributed by atoms with Crippen molar-refractivity contribution in [1.29, 1.82) is 0 Å². The Morgan fingerprint density at radius 2 is 1.68 bits per heavy atom. The SMILES string of the molecule is O=C(C=Cc1ccc(F)cc1)NC(Cn1ccnc1)Cn1ccnc1. The van der Waals surface area contributed by atoms with Crippen LogP contribution >= 0.6 is 0 Å². The summed E-state index contributed by atoms with van der Waals surface area (Å²) >= 11 is 0. The highest BCUT2D eigenvalue weighted by molar-refractivity contribution is 5.91. The lowest BCUT2D eigenvalue weighted by Gasteiger charge is -2.19. The zero-order chi connectivity index (χ0) is 17.5. The Bertz CT molecular complexity index is 774. The van der Waals surface area contributed by atoms with E-state index in [1.54, 1.807) is 43.3 Å². The molecule has 3 rings (SSSR count). The van der Waals surface area contributed by atoms with E-state index in [2.05, 4.69) is 15.3 Å². The third-order valence-corrected chi connectivity index (χ3v) is 3.62. The van der Waals surface area contributed by atoms with Crippen LogP contribution in [0.5, 0.6) is 0 Å². The first-order chi connectivity index (χ1) is 12.2. The minimum atomic E-state index is -0.303. The first kappa shape index (κ1) is 16.6. The molecule has 7 heteroatoms. The molecule has 0 atom stereocenters. The van der Waals surface area contributed by atoms with Crippen LogP contribution in [0.4, 0.5) is 4.39 Å². The topological polar surface area (TPSA) is 64.7 Å². The van der Waals surface area contributed by atoms with Crippen LogP contribution in [-0.2, 0) is 17.9 Å². The van der Waals surface area contributed by atoms with Gasteiger partial charge in [0.2, 0.25) is 5.91 Å². The number of aromatic nitrogens is 4. The molecule has 2 heterocycles. The number of carbonyl (C=O) groups is 1. The molecule has 25 heavy (non-hydrogen) atoms. The van der Waals surface area contributed by atoms with Gasteiger partial charge in [-0.25, -0.2) is 14.4 Å². The number of benzene rings is 1. The van der Waals surface area contributed by atoms with E-state index >= 15 is 0 Å². The predicted molar refractivity (Wildman–Crippen MR) is 91.8 cm³/mol. The summed E-state index contributed by atoms with van der Waals surface area (Å²) in [6.07, 6.45) is 13.6. The van der Waals surface area contributed by atoms with Gasteiger partial charge in [0.1, 0.15) is 5.82 Å². The molecule has 0 spiro atoms. The molecular weight excluding hydrogens is 321 g/mol. The normalized spacial score (nSPS) is 11.3. The molecule has 3 aromatic rings. The molecule has 0 aliphatic heterocycles. The monoisotopic (exact) mass is 339 g/mol. The van der Waals surface area contributed by atoms with Crippen molar-refractivity contribution in [2.75, 3.05) is 0 Å². The van der Waals surface area contributed by atoms with Gasteiger partial charge >= 0.3 is 0 Å². The molecule has 6 nitrogen and oxygen atoms in total. The molecule has 0 radical (unpaired) electrons. The second-order valence-corrected chi connectivity index (χ2v) is 5.61. The summed E-state index contributed by atoms with van der Waals surface area (Å²) in [5, 5.41) is 2.98. The average Bonchev–Trinajstić information content (AvgIpc) is 3.28. The third-order valence-electron chi connectivity index (χ3n) is 3.62. The highest BCUT2D eigenvalue weighted by Crippen LogP contribution is 2.05. The van der Waals surface area contributed by atoms with E-state index in [0.717, 1.165) is 5.56 Å². The Labute approximate surface area is 144 Å². The van der Waals surface area contributed by atoms with Crippen molar-refractivity contribution in [3.05, 3.63) is 79.2 Å². The minimum absolute atomic E-state index is 0.131. The summed E-state index contributed by atoms with van der Waals surface area (Å²) < 4.78 is 16.7. The molecule has 128 valence electrons. The summed E-state index contributed by atoms with van der Waals surface area (Å²) in [4.78, 5) is 20.3. The number of nitrogens with zero attached hydrogens (tertiary/aromatic N) is 4. The fourth-order valence-electron chi connectivity index (χ4n) is 2.44. The number of halogens is 1. The zero-order valence-corrected chi connectivity index (χ0v) is 13.5. The molecule has 0 aliphatic carbocycles. The lowest BCUT2D eigenvalue weighted by Crippen LogP contribution is -2.39. The van der Waals surface area contributed by atoms with Crippen LogP contribution in [0.2, 0.25) is 0 Å². The maximum atomic E-state index is 12.9. The molecule has 1 N–H and O–H groups in total. The van der Waals surface area contributed by atoms with Gasteiger partial charge in [0.15, 0.2) is 0 Å². The van der Waals surface area contributed by atoms with Gasteiger partial charge in [-0.1, -0.05) is 12.1 Å². The highest BCUT2D eigenvalue weighted by atomic mass is 19.1. The molecule has 0 bridgehead atoms. The van der Waals surface area contributed by atoms with Crippen LogP contribution in [0.15, 0.2) is 67.8 Å². The van der Waals surface area contributed by atoms with Gasteiger partial charge in [-0.2, -0.15) is 0 Å². The summed E-state index contributed by atoms with van der Waals surface area (Å²) in [5.74, 6) is -0.517. The lowest BCUT2D eigenvalue weighted by atomic mass is 10.2. The number of nitrogens with one attached hydrogen (secondary N) is 1. The molecule has 0 fully saturated rings. The van der Waals surface area contributed by atoms with Gasteiger partial charge in [-0.05, 0) is 23.8 Å². The van der Waals surface area contributed by atoms with Gasteiger partial charge in [0.25, 0.3) is 0 Å². The van der Waals surface area contributed by atoms with Crippen LogP contribution in [0.1, 0.15) is 5.56 Å². The second-order valence-electron chi connectivity index (χ2n) is 5.61. The first-order valence-electron chi connectivity index (χ1n) is 7.85. The maximum Gasteiger partial charge on any atom is 0.244 e. The fraction of sp³-hybridized carbons (Fsp3) is 0.167. The summed E-state index contributed by atoms with van der Waals surface area (Å²) in [7, 11) is 0. The quantitative estimate of drug-likeness (QED) is 0.671. The van der Waals surface area contributed by atoms with Crippen LogP contribution in [-0.4, -0.2) is 31.1 Å². The third kappa shape index (κ3) is 5.13. The van der Waals surface area contributed by atoms with Crippen LogP contribution in [0.25, 0.3) is 6.08 Å². The van der Waals surface area contributed by atoms with E-state index in [0.29, 0.717) is 13.1 Å². The highest BCUT2D eigenvalue weighted by Gasteiger charge is 2.12. The molecule has 0 aliphatic rings. The van der Waals surface area contributed by atoms with Crippen molar-refractivity contribution in [2.45, 2.75) is 19.1 Å². The first-order valence-corrected chi connectivity index (χ1v) is 7.85. The number of hydrogen-bond donors (Lipinski definition) is 1. The van der Waals surface area contributed by atoms with Gasteiger partial charge in [0, 0.05) is 44.0 Å². The minimum Gasteiger partial charge on any atom is -0.346 e. The number of carbonyl (C=O) groups excluding carboxylic acids is 1. The predicted octanol–water partition coefficient (Wildman–Crippen LogP) is 2.12. The van der Waals surface area contributed by atoms with E-state index in [1.165, 1.54) is 18.2 Å². The van der Waals surface area contributed by atoms with Crippen molar-refractivity contribution in [3.63, 3.8) is 0 Å². The van der Waals surface area contributed by atoms with Crippen molar-refractivity contribution in [1.82, 2.24) is 24.4 Å². The van der Waals surface area contributed by atoms with Gasteiger partial charge < -0.3 is 14.5 Å². The fourth-order valence-corrected chi connectivity index (χ4v) is 2.44. The number of amides is 1. The average molecular weight is 339 g/mol. The number of rotatable bonds is 7. The standard InChI is InChI=1S/C18H18FN5O/c19-16-4-1-15(2-5-16)3-6-18(25)22-17(11-23-9-7-20-13-23)12-24-10-8-21-14-24/h1-10,13-14,17H,11-12H2,(H,22,25). The van der Waals surface area contributed by atoms with Crippen LogP contribution in [0.3, 0.4) is 0 Å². The van der Waals surface area contributed by atoms with E-state index < -0.39 is 0 Å². The van der Waals surface area contributed by atoms with Crippen molar-refractivity contribution in [3.8, 4) is 0 Å². The summed E-state index contributed by atoms with van der Waals surface area (Å²) in [5.41, 5.74) is 0.761. The molecular formula is C18H18FN5O. The molecule has 0 unspecified atom stereocenters. The number of hydrogen-bond acceptors (Lipinski definition) is 3. The van der Waals surface area contributed by atoms with E-state index in [9.17, 15) is 9.18 Å². The van der Waals surface area contributed by atoms with Gasteiger partial charge in [0.05, 0.1) is 18.7 Å². The van der Waals surface area contributed by atoms with E-state index in [4.69, 9.17) is 0 Å². The van der Waals surface area contributed by atoms with Gasteiger partial charge in [-0.3, -0.25) is 4.79 Å². The van der Waals surface area contributed by atoms with E-state index in [-0.39, 0.29) is 17.8 Å². The zero-order valence-electron chi connectivity index (χ0n) is 13.5. The molecule has 2 aromatic heterocycles. The van der Waals surface area contributed by atoms with E-state index in [1.807, 2.05) is 21.5 Å². The van der Waals surface area contributed by atoms with Crippen LogP contribution in [0, 0.1) is 5.82 Å².